The highest BCUT2D eigenvalue weighted by molar-refractivity contribution is 5.73. The van der Waals surface area contributed by atoms with Crippen LogP contribution in [-0.4, -0.2) is 33.9 Å². The monoisotopic (exact) mass is 390 g/mol. The van der Waals surface area contributed by atoms with Crippen LogP contribution in [0.4, 0.5) is 15.9 Å². The standard InChI is InChI=1S/C23H23FN4O/c1-16(29)28-12-6-9-18(15-28)23-26-21(17-7-3-2-4-8-17)14-22(27-23)25-20-11-5-10-19(24)13-20/h2-5,7-8,10-11,13-14,18H,6,9,12,15H2,1H3,(H,25,26,27). The second kappa shape index (κ2) is 8.39. The molecule has 6 heteroatoms. The van der Waals surface area contributed by atoms with Crippen LogP contribution >= 0.6 is 0 Å². The van der Waals surface area contributed by atoms with Crippen LogP contribution in [0.25, 0.3) is 11.3 Å². The van der Waals surface area contributed by atoms with Crippen molar-refractivity contribution in [3.05, 3.63) is 72.3 Å². The van der Waals surface area contributed by atoms with Crippen molar-refractivity contribution in [2.45, 2.75) is 25.7 Å². The van der Waals surface area contributed by atoms with Crippen LogP contribution in [-0.2, 0) is 4.79 Å². The lowest BCUT2D eigenvalue weighted by molar-refractivity contribution is -0.130. The summed E-state index contributed by atoms with van der Waals surface area (Å²) in [4.78, 5) is 23.2. The van der Waals surface area contributed by atoms with Gasteiger partial charge in [0.15, 0.2) is 0 Å². The molecule has 2 heterocycles. The molecule has 2 aromatic carbocycles. The number of halogens is 1. The number of amides is 1. The Kier molecular flexibility index (Phi) is 5.51. The molecular formula is C23H23FN4O. The summed E-state index contributed by atoms with van der Waals surface area (Å²) in [7, 11) is 0. The number of piperidine rings is 1. The zero-order chi connectivity index (χ0) is 20.2. The molecule has 4 rings (SSSR count). The highest BCUT2D eigenvalue weighted by Crippen LogP contribution is 2.29. The minimum absolute atomic E-state index is 0.0735. The Labute approximate surface area is 169 Å². The average Bonchev–Trinajstić information content (AvgIpc) is 2.74. The number of carbonyl (C=O) groups excluding carboxylic acids is 1. The van der Waals surface area contributed by atoms with Crippen LogP contribution in [0.1, 0.15) is 31.5 Å². The Balaban J connectivity index is 1.71. The van der Waals surface area contributed by atoms with Gasteiger partial charge < -0.3 is 10.2 Å². The van der Waals surface area contributed by atoms with Crippen molar-refractivity contribution >= 4 is 17.4 Å². The third-order valence-electron chi connectivity index (χ3n) is 5.14. The van der Waals surface area contributed by atoms with Gasteiger partial charge in [-0.25, -0.2) is 14.4 Å². The first-order valence-electron chi connectivity index (χ1n) is 9.81. The lowest BCUT2D eigenvalue weighted by atomic mass is 9.96. The maximum absolute atomic E-state index is 13.6. The summed E-state index contributed by atoms with van der Waals surface area (Å²) in [6, 6.07) is 18.1. The molecule has 1 N–H and O–H groups in total. The number of likely N-dealkylation sites (tertiary alicyclic amines) is 1. The highest BCUT2D eigenvalue weighted by atomic mass is 19.1. The van der Waals surface area contributed by atoms with Gasteiger partial charge in [-0.3, -0.25) is 4.79 Å². The zero-order valence-corrected chi connectivity index (χ0v) is 16.3. The highest BCUT2D eigenvalue weighted by Gasteiger charge is 2.25. The molecule has 1 aliphatic rings. The number of hydrogen-bond donors (Lipinski definition) is 1. The molecule has 1 amide bonds. The number of carbonyl (C=O) groups is 1. The van der Waals surface area contributed by atoms with E-state index in [0.29, 0.717) is 23.9 Å². The molecule has 1 unspecified atom stereocenters. The van der Waals surface area contributed by atoms with E-state index in [4.69, 9.17) is 9.97 Å². The Hall–Kier alpha value is -3.28. The van der Waals surface area contributed by atoms with E-state index in [9.17, 15) is 9.18 Å². The normalized spacial score (nSPS) is 16.5. The summed E-state index contributed by atoms with van der Waals surface area (Å²) >= 11 is 0. The van der Waals surface area contributed by atoms with E-state index in [1.807, 2.05) is 41.3 Å². The van der Waals surface area contributed by atoms with Crippen LogP contribution in [0.5, 0.6) is 0 Å². The number of nitrogens with zero attached hydrogens (tertiary/aromatic N) is 3. The van der Waals surface area contributed by atoms with Crippen LogP contribution in [0.2, 0.25) is 0 Å². The Morgan fingerprint density at radius 3 is 2.69 bits per heavy atom. The third-order valence-corrected chi connectivity index (χ3v) is 5.14. The topological polar surface area (TPSA) is 58.1 Å². The van der Waals surface area contributed by atoms with Gasteiger partial charge in [-0.1, -0.05) is 36.4 Å². The number of rotatable bonds is 4. The fourth-order valence-corrected chi connectivity index (χ4v) is 3.66. The molecule has 1 fully saturated rings. The van der Waals surface area contributed by atoms with Crippen molar-refractivity contribution in [2.75, 3.05) is 18.4 Å². The fourth-order valence-electron chi connectivity index (χ4n) is 3.66. The van der Waals surface area contributed by atoms with E-state index in [2.05, 4.69) is 5.32 Å². The maximum atomic E-state index is 13.6. The van der Waals surface area contributed by atoms with Gasteiger partial charge in [-0.2, -0.15) is 0 Å². The van der Waals surface area contributed by atoms with Crippen molar-refractivity contribution in [2.24, 2.45) is 0 Å². The van der Waals surface area contributed by atoms with E-state index >= 15 is 0 Å². The minimum atomic E-state index is -0.308. The number of aromatic nitrogens is 2. The van der Waals surface area contributed by atoms with E-state index < -0.39 is 0 Å². The molecule has 3 aromatic rings. The molecule has 29 heavy (non-hydrogen) atoms. The lowest BCUT2D eigenvalue weighted by Crippen LogP contribution is -2.38. The Bertz CT molecular complexity index is 1010. The largest absolute Gasteiger partial charge is 0.342 e. The van der Waals surface area contributed by atoms with Crippen molar-refractivity contribution in [1.29, 1.82) is 0 Å². The Morgan fingerprint density at radius 2 is 1.93 bits per heavy atom. The lowest BCUT2D eigenvalue weighted by Gasteiger charge is -2.31. The summed E-state index contributed by atoms with van der Waals surface area (Å²) in [5.74, 6) is 1.16. The molecule has 0 saturated carbocycles. The predicted octanol–water partition coefficient (Wildman–Crippen LogP) is 4.75. The first-order chi connectivity index (χ1) is 14.1. The quantitative estimate of drug-likeness (QED) is 0.698. The second-order valence-electron chi connectivity index (χ2n) is 7.30. The van der Waals surface area contributed by atoms with E-state index in [0.717, 1.165) is 30.6 Å². The van der Waals surface area contributed by atoms with Crippen molar-refractivity contribution < 1.29 is 9.18 Å². The third kappa shape index (κ3) is 4.59. The summed E-state index contributed by atoms with van der Waals surface area (Å²) < 4.78 is 13.6. The molecule has 148 valence electrons. The van der Waals surface area contributed by atoms with Crippen LogP contribution in [0, 0.1) is 5.82 Å². The predicted molar refractivity (Wildman–Crippen MR) is 111 cm³/mol. The number of hydrogen-bond acceptors (Lipinski definition) is 4. The van der Waals surface area contributed by atoms with Crippen molar-refractivity contribution in [1.82, 2.24) is 14.9 Å². The van der Waals surface area contributed by atoms with Gasteiger partial charge in [0.05, 0.1) is 5.69 Å². The first-order valence-corrected chi connectivity index (χ1v) is 9.81. The molecule has 5 nitrogen and oxygen atoms in total. The molecule has 0 radical (unpaired) electrons. The van der Waals surface area contributed by atoms with Gasteiger partial charge in [0.1, 0.15) is 17.5 Å². The average molecular weight is 390 g/mol. The molecule has 0 aliphatic carbocycles. The zero-order valence-electron chi connectivity index (χ0n) is 16.3. The first kappa shape index (κ1) is 19.1. The number of benzene rings is 2. The van der Waals surface area contributed by atoms with Gasteiger partial charge in [0.25, 0.3) is 0 Å². The molecule has 1 atom stereocenters. The smallest absolute Gasteiger partial charge is 0.219 e. The molecular weight excluding hydrogens is 367 g/mol. The summed E-state index contributed by atoms with van der Waals surface area (Å²) in [6.45, 7) is 2.99. The fraction of sp³-hybridized carbons (Fsp3) is 0.261. The van der Waals surface area contributed by atoms with Gasteiger partial charge >= 0.3 is 0 Å². The van der Waals surface area contributed by atoms with E-state index in [1.165, 1.54) is 12.1 Å². The summed E-state index contributed by atoms with van der Waals surface area (Å²) in [5, 5.41) is 3.20. The molecule has 1 saturated heterocycles. The van der Waals surface area contributed by atoms with Crippen LogP contribution < -0.4 is 5.32 Å². The number of nitrogens with one attached hydrogen (secondary N) is 1. The maximum Gasteiger partial charge on any atom is 0.219 e. The van der Waals surface area contributed by atoms with Crippen molar-refractivity contribution in [3.8, 4) is 11.3 Å². The van der Waals surface area contributed by atoms with E-state index in [-0.39, 0.29) is 17.6 Å². The van der Waals surface area contributed by atoms with Crippen molar-refractivity contribution in [3.63, 3.8) is 0 Å². The second-order valence-corrected chi connectivity index (χ2v) is 7.30. The minimum Gasteiger partial charge on any atom is -0.342 e. The summed E-state index contributed by atoms with van der Waals surface area (Å²) in [5.41, 5.74) is 2.41. The van der Waals surface area contributed by atoms with Gasteiger partial charge in [-0.05, 0) is 31.0 Å². The van der Waals surface area contributed by atoms with Gasteiger partial charge in [-0.15, -0.1) is 0 Å². The van der Waals surface area contributed by atoms with Gasteiger partial charge in [0.2, 0.25) is 5.91 Å². The number of anilines is 2. The molecule has 1 aromatic heterocycles. The van der Waals surface area contributed by atoms with E-state index in [1.54, 1.807) is 19.1 Å². The molecule has 0 spiro atoms. The SMILES string of the molecule is CC(=O)N1CCCC(c2nc(Nc3cccc(F)c3)cc(-c3ccccc3)n2)C1. The van der Waals surface area contributed by atoms with Crippen LogP contribution in [0.15, 0.2) is 60.7 Å². The molecule has 1 aliphatic heterocycles. The van der Waals surface area contributed by atoms with Crippen LogP contribution in [0.3, 0.4) is 0 Å². The molecule has 0 bridgehead atoms. The summed E-state index contributed by atoms with van der Waals surface area (Å²) in [6.07, 6.45) is 1.86. The van der Waals surface area contributed by atoms with Gasteiger partial charge in [0, 0.05) is 43.2 Å². The Morgan fingerprint density at radius 1 is 1.10 bits per heavy atom.